The molecule has 0 atom stereocenters. The first-order valence-corrected chi connectivity index (χ1v) is 15.9. The Morgan fingerprint density at radius 1 is 0.870 bits per heavy atom. The van der Waals surface area contributed by atoms with Crippen molar-refractivity contribution in [1.82, 2.24) is 9.80 Å². The molecule has 268 valence electrons. The Balaban J connectivity index is -0.000000725. The van der Waals surface area contributed by atoms with E-state index in [4.69, 9.17) is 36.2 Å². The minimum atomic E-state index is -6.09. The maximum atomic E-state index is 12.9. The van der Waals surface area contributed by atoms with Crippen LogP contribution in [-0.4, -0.2) is 91.3 Å². The number of nitrogens with zero attached hydrogens (tertiary/aromatic N) is 4. The molecule has 0 saturated heterocycles. The van der Waals surface area contributed by atoms with Crippen LogP contribution in [-0.2, 0) is 32.0 Å². The van der Waals surface area contributed by atoms with Gasteiger partial charge in [-0.1, -0.05) is 47.6 Å². The van der Waals surface area contributed by atoms with Crippen LogP contribution >= 0.6 is 23.2 Å². The topological polar surface area (TPSA) is 136 Å². The number of allylic oxidation sites excluding steroid dienone is 4. The van der Waals surface area contributed by atoms with Gasteiger partial charge in [0.2, 0.25) is 5.78 Å². The summed E-state index contributed by atoms with van der Waals surface area (Å²) in [6.45, 7) is 14.7. The number of non-ortho nitro benzene ring substituents is 1. The molecule has 17 heteroatoms. The van der Waals surface area contributed by atoms with Gasteiger partial charge in [-0.15, -0.1) is 23.2 Å². The van der Waals surface area contributed by atoms with Crippen LogP contribution in [0.3, 0.4) is 0 Å². The molecule has 0 N–H and O–H groups in total. The van der Waals surface area contributed by atoms with Gasteiger partial charge in [0.1, 0.15) is 5.71 Å². The van der Waals surface area contributed by atoms with E-state index in [1.807, 2.05) is 32.9 Å². The van der Waals surface area contributed by atoms with Crippen molar-refractivity contribution in [3.05, 3.63) is 57.7 Å². The molecule has 0 heterocycles. The molecule has 0 fully saturated rings. The number of halogens is 5. The third kappa shape index (κ3) is 20.4. The standard InChI is InChI=1S/C20H24N2O3.C7H18N2.CH2Cl2.CHF3O3S.Cu/c1-19(2,3)13-11-16(20(4,5)6)18(23)17(12-13)21-14-7-9-15(10-8-14)22(24)25;1-8(2)6-5-7-9(3)4;2-1-3;2-1(3,4)8(5,6)7;/h7-12H,1-6H3;5-7H2,1-4H3;1H2;(H,5,6,7);/q;;;;+1/p-1. The van der Waals surface area contributed by atoms with Crippen LogP contribution in [0.5, 0.6) is 0 Å². The molecule has 0 bridgehead atoms. The monoisotopic (exact) mass is 766 g/mol. The second-order valence-electron chi connectivity index (χ2n) is 12.2. The first-order chi connectivity index (χ1) is 20.2. The zero-order chi connectivity index (χ0) is 36.0. The number of aliphatic imine (C=N–C) groups is 1. The Bertz CT molecular complexity index is 1300. The number of alkyl halides is 5. The summed E-state index contributed by atoms with van der Waals surface area (Å²) >= 11 is 9.53. The smallest absolute Gasteiger partial charge is 0.741 e. The van der Waals surface area contributed by atoms with Crippen molar-refractivity contribution < 1.29 is 52.9 Å². The number of benzene rings is 1. The maximum absolute atomic E-state index is 12.9. The number of rotatable bonds is 6. The quantitative estimate of drug-likeness (QED) is 0.0566. The summed E-state index contributed by atoms with van der Waals surface area (Å²) in [6, 6.07) is 5.89. The van der Waals surface area contributed by atoms with Gasteiger partial charge in [-0.05, 0) is 82.3 Å². The summed E-state index contributed by atoms with van der Waals surface area (Å²) in [4.78, 5) is 32.1. The number of hydrogen-bond donors (Lipinski definition) is 0. The van der Waals surface area contributed by atoms with Gasteiger partial charge >= 0.3 is 22.6 Å². The largest absolute Gasteiger partial charge is 1.00 e. The van der Waals surface area contributed by atoms with E-state index in [2.05, 4.69) is 63.8 Å². The number of nitro benzene ring substituents is 1. The fourth-order valence-corrected chi connectivity index (χ4v) is 3.18. The molecule has 0 saturated carbocycles. The Labute approximate surface area is 291 Å². The Hall–Kier alpha value is -1.84. The zero-order valence-electron chi connectivity index (χ0n) is 27.6. The molecule has 10 nitrogen and oxygen atoms in total. The van der Waals surface area contributed by atoms with Gasteiger partial charge in [0, 0.05) is 17.7 Å². The predicted octanol–water partition coefficient (Wildman–Crippen LogP) is 7.17. The minimum absolute atomic E-state index is 0. The van der Waals surface area contributed by atoms with Crippen LogP contribution in [0.1, 0.15) is 48.0 Å². The molecule has 46 heavy (non-hydrogen) atoms. The molecule has 0 unspecified atom stereocenters. The zero-order valence-corrected chi connectivity index (χ0v) is 30.9. The molecule has 1 aliphatic rings. The van der Waals surface area contributed by atoms with E-state index >= 15 is 0 Å². The van der Waals surface area contributed by atoms with Gasteiger partial charge < -0.3 is 14.4 Å². The number of ketones is 1. The van der Waals surface area contributed by atoms with E-state index in [9.17, 15) is 28.1 Å². The molecular weight excluding hydrogens is 724 g/mol. The molecule has 0 amide bonds. The molecule has 0 aromatic heterocycles. The second kappa shape index (κ2) is 21.2. The van der Waals surface area contributed by atoms with Crippen LogP contribution in [0.15, 0.2) is 52.6 Å². The summed E-state index contributed by atoms with van der Waals surface area (Å²) in [7, 11) is 2.34. The Kier molecular flexibility index (Phi) is 22.4. The molecule has 0 radical (unpaired) electrons. The maximum Gasteiger partial charge on any atom is 1.00 e. The summed E-state index contributed by atoms with van der Waals surface area (Å²) < 4.78 is 58.9. The predicted molar refractivity (Wildman–Crippen MR) is 174 cm³/mol. The molecule has 2 rings (SSSR count). The summed E-state index contributed by atoms with van der Waals surface area (Å²) in [5.41, 5.74) is -3.41. The third-order valence-corrected chi connectivity index (χ3v) is 6.11. The molecule has 0 aliphatic heterocycles. The van der Waals surface area contributed by atoms with E-state index in [1.165, 1.54) is 31.6 Å². The molecular formula is C29H44Cl2CuF3N4O6S. The summed E-state index contributed by atoms with van der Waals surface area (Å²) in [5.74, 6) is -0.0983. The van der Waals surface area contributed by atoms with Crippen LogP contribution in [0.25, 0.3) is 0 Å². The van der Waals surface area contributed by atoms with Crippen molar-refractivity contribution in [3.8, 4) is 0 Å². The van der Waals surface area contributed by atoms with E-state index in [-0.39, 0.29) is 44.7 Å². The average molecular weight is 768 g/mol. The molecule has 1 aliphatic carbocycles. The first-order valence-electron chi connectivity index (χ1n) is 13.4. The van der Waals surface area contributed by atoms with Crippen molar-refractivity contribution in [2.75, 3.05) is 46.6 Å². The van der Waals surface area contributed by atoms with Crippen LogP contribution < -0.4 is 0 Å². The van der Waals surface area contributed by atoms with Crippen LogP contribution in [0, 0.1) is 20.9 Å². The number of hydrogen-bond acceptors (Lipinski definition) is 9. The van der Waals surface area contributed by atoms with Crippen molar-refractivity contribution >= 4 is 56.2 Å². The summed E-state index contributed by atoms with van der Waals surface area (Å²) in [6.07, 6.45) is 5.05. The van der Waals surface area contributed by atoms with E-state index in [1.54, 1.807) is 12.1 Å². The Morgan fingerprint density at radius 2 is 1.26 bits per heavy atom. The molecule has 1 aromatic rings. The van der Waals surface area contributed by atoms with Gasteiger partial charge in [-0.2, -0.15) is 13.2 Å². The second-order valence-corrected chi connectivity index (χ2v) is 14.4. The third-order valence-electron chi connectivity index (χ3n) is 5.55. The van der Waals surface area contributed by atoms with Gasteiger partial charge in [0.15, 0.2) is 10.1 Å². The van der Waals surface area contributed by atoms with Crippen LogP contribution in [0.2, 0.25) is 0 Å². The van der Waals surface area contributed by atoms with Crippen molar-refractivity contribution in [2.45, 2.75) is 53.5 Å². The van der Waals surface area contributed by atoms with Gasteiger partial charge in [0.25, 0.3) is 5.69 Å². The minimum Gasteiger partial charge on any atom is -0.741 e. The number of nitro groups is 1. The average Bonchev–Trinajstić information content (AvgIpc) is 2.84. The fraction of sp³-hybridized carbons (Fsp3) is 0.586. The number of carbonyl (C=O) groups excluding carboxylic acids is 1. The van der Waals surface area contributed by atoms with Gasteiger partial charge in [0.05, 0.1) is 15.9 Å². The summed E-state index contributed by atoms with van der Waals surface area (Å²) in [5, 5.41) is 11.0. The van der Waals surface area contributed by atoms with Crippen molar-refractivity contribution in [1.29, 1.82) is 0 Å². The van der Waals surface area contributed by atoms with Gasteiger partial charge in [-0.3, -0.25) is 14.9 Å². The van der Waals surface area contributed by atoms with Crippen molar-refractivity contribution in [2.24, 2.45) is 15.8 Å². The SMILES string of the molecule is CC(C)(C)C1=CC(=Nc2ccc([N+](=O)[O-])cc2)C(=O)C(C(C)(C)C)=C1.CN(C)CCCN(C)C.ClCCl.O=S(=O)([O-])C(F)(F)F.[Cu+]. The van der Waals surface area contributed by atoms with E-state index in [0.29, 0.717) is 11.4 Å². The fourth-order valence-electron chi connectivity index (χ4n) is 3.18. The number of carbonyl (C=O) groups is 1. The van der Waals surface area contributed by atoms with Crippen LogP contribution in [0.4, 0.5) is 24.5 Å². The molecule has 1 aromatic carbocycles. The number of Topliss-reactive ketones (excluding diaryl/α,β-unsaturated/α-hetero) is 1. The van der Waals surface area contributed by atoms with Crippen molar-refractivity contribution in [3.63, 3.8) is 0 Å². The Morgan fingerprint density at radius 3 is 1.54 bits per heavy atom. The normalized spacial score (nSPS) is 14.5. The first kappa shape index (κ1) is 48.6. The molecule has 0 spiro atoms. The van der Waals surface area contributed by atoms with Gasteiger partial charge in [-0.25, -0.2) is 13.4 Å². The van der Waals surface area contributed by atoms with E-state index < -0.39 is 20.5 Å². The van der Waals surface area contributed by atoms with E-state index in [0.717, 1.165) is 11.1 Å².